The van der Waals surface area contributed by atoms with Crippen LogP contribution < -0.4 is 10.6 Å². The topological polar surface area (TPSA) is 50.4 Å². The van der Waals surface area contributed by atoms with Gasteiger partial charge in [0.15, 0.2) is 5.11 Å². The number of rotatable bonds is 3. The zero-order valence-corrected chi connectivity index (χ0v) is 13.7. The number of ether oxygens (including phenoxy) is 1. The monoisotopic (exact) mass is 360 g/mol. The van der Waals surface area contributed by atoms with E-state index >= 15 is 0 Å². The molecule has 0 amide bonds. The van der Waals surface area contributed by atoms with Crippen molar-refractivity contribution in [1.82, 2.24) is 10.6 Å². The van der Waals surface area contributed by atoms with Crippen molar-refractivity contribution in [2.24, 2.45) is 0 Å². The van der Waals surface area contributed by atoms with Crippen LogP contribution in [0.5, 0.6) is 0 Å². The summed E-state index contributed by atoms with van der Waals surface area (Å²) < 4.78 is 5.88. The molecule has 0 radical (unpaired) electrons. The minimum atomic E-state index is -0.339. The average Bonchev–Trinajstić information content (AvgIpc) is 2.83. The Kier molecular flexibility index (Phi) is 4.59. The fourth-order valence-corrected chi connectivity index (χ4v) is 3.68. The highest BCUT2D eigenvalue weighted by Gasteiger charge is 2.32. The number of nitrogens with one attached hydrogen (secondary N) is 2. The Morgan fingerprint density at radius 1 is 1.63 bits per heavy atom. The van der Waals surface area contributed by atoms with Gasteiger partial charge in [0.05, 0.1) is 18.7 Å². The number of esters is 1. The van der Waals surface area contributed by atoms with Crippen LogP contribution in [0.3, 0.4) is 0 Å². The van der Waals surface area contributed by atoms with Gasteiger partial charge in [-0.2, -0.15) is 0 Å². The normalized spacial score (nSPS) is 18.9. The molecule has 0 bridgehead atoms. The van der Waals surface area contributed by atoms with Gasteiger partial charge < -0.3 is 15.4 Å². The highest BCUT2D eigenvalue weighted by atomic mass is 79.9. The minimum Gasteiger partial charge on any atom is -0.466 e. The highest BCUT2D eigenvalue weighted by Crippen LogP contribution is 2.33. The molecule has 0 spiro atoms. The smallest absolute Gasteiger partial charge is 0.338 e. The number of thiocarbonyl (C=S) groups is 1. The first-order valence-electron chi connectivity index (χ1n) is 5.69. The first-order valence-corrected chi connectivity index (χ1v) is 7.77. The Morgan fingerprint density at radius 2 is 2.37 bits per heavy atom. The maximum absolute atomic E-state index is 12.0. The summed E-state index contributed by atoms with van der Waals surface area (Å²) in [6.07, 6.45) is 0.690. The van der Waals surface area contributed by atoms with Crippen LogP contribution in [-0.2, 0) is 9.53 Å². The first-order chi connectivity index (χ1) is 9.06. The summed E-state index contributed by atoms with van der Waals surface area (Å²) in [4.78, 5) is 13.0. The Labute approximate surface area is 129 Å². The number of hydrogen-bond donors (Lipinski definition) is 2. The molecule has 0 saturated heterocycles. The van der Waals surface area contributed by atoms with E-state index in [1.807, 2.05) is 18.4 Å². The molecule has 4 nitrogen and oxygen atoms in total. The zero-order valence-electron chi connectivity index (χ0n) is 10.5. The lowest BCUT2D eigenvalue weighted by Gasteiger charge is -2.29. The van der Waals surface area contributed by atoms with Gasteiger partial charge in [0.25, 0.3) is 0 Å². The average molecular weight is 361 g/mol. The van der Waals surface area contributed by atoms with Crippen LogP contribution in [0, 0.1) is 0 Å². The third-order valence-electron chi connectivity index (χ3n) is 2.78. The van der Waals surface area contributed by atoms with Crippen LogP contribution in [0.2, 0.25) is 0 Å². The Balaban J connectivity index is 2.49. The van der Waals surface area contributed by atoms with Crippen molar-refractivity contribution in [3.05, 3.63) is 32.1 Å². The SMILES string of the molecule is CCC1=C(C(=O)OC)[C@H](c2cc(Br)cs2)NC(=S)N1. The molecule has 0 fully saturated rings. The van der Waals surface area contributed by atoms with Crippen molar-refractivity contribution in [3.8, 4) is 0 Å². The molecule has 7 heteroatoms. The molecule has 2 rings (SSSR count). The van der Waals surface area contributed by atoms with Crippen LogP contribution in [0.15, 0.2) is 27.2 Å². The van der Waals surface area contributed by atoms with Crippen LogP contribution in [-0.4, -0.2) is 18.2 Å². The number of carbonyl (C=O) groups excluding carboxylic acids is 1. The number of methoxy groups -OCH3 is 1. The van der Waals surface area contributed by atoms with Gasteiger partial charge in [-0.25, -0.2) is 4.79 Å². The van der Waals surface area contributed by atoms with E-state index in [4.69, 9.17) is 17.0 Å². The largest absolute Gasteiger partial charge is 0.466 e. The van der Waals surface area contributed by atoms with Gasteiger partial charge >= 0.3 is 5.97 Å². The molecule has 0 saturated carbocycles. The van der Waals surface area contributed by atoms with E-state index in [0.29, 0.717) is 17.1 Å². The summed E-state index contributed by atoms with van der Waals surface area (Å²) in [5, 5.41) is 8.66. The molecule has 1 aromatic rings. The fraction of sp³-hybridized carbons (Fsp3) is 0.333. The summed E-state index contributed by atoms with van der Waals surface area (Å²) in [5.74, 6) is -0.339. The minimum absolute atomic E-state index is 0.257. The summed E-state index contributed by atoms with van der Waals surface area (Å²) in [5.41, 5.74) is 1.40. The third kappa shape index (κ3) is 2.98. The van der Waals surface area contributed by atoms with E-state index < -0.39 is 0 Å². The molecule has 19 heavy (non-hydrogen) atoms. The number of halogens is 1. The molecule has 0 unspecified atom stereocenters. The second-order valence-corrected chi connectivity index (χ2v) is 6.20. The van der Waals surface area contributed by atoms with Gasteiger partial charge in [0.2, 0.25) is 0 Å². The van der Waals surface area contributed by atoms with Gasteiger partial charge in [-0.3, -0.25) is 0 Å². The van der Waals surface area contributed by atoms with Crippen molar-refractivity contribution in [2.75, 3.05) is 7.11 Å². The Hall–Kier alpha value is -0.920. The van der Waals surface area contributed by atoms with Crippen LogP contribution >= 0.6 is 39.5 Å². The van der Waals surface area contributed by atoms with E-state index in [9.17, 15) is 4.79 Å². The molecule has 2 N–H and O–H groups in total. The molecule has 0 aromatic carbocycles. The molecular weight excluding hydrogens is 348 g/mol. The second-order valence-electron chi connectivity index (χ2n) is 3.94. The van der Waals surface area contributed by atoms with Crippen molar-refractivity contribution >= 4 is 50.6 Å². The Bertz CT molecular complexity index is 554. The molecule has 102 valence electrons. The summed E-state index contributed by atoms with van der Waals surface area (Å²) in [6.45, 7) is 1.97. The van der Waals surface area contributed by atoms with E-state index in [-0.39, 0.29) is 12.0 Å². The van der Waals surface area contributed by atoms with Crippen molar-refractivity contribution < 1.29 is 9.53 Å². The highest BCUT2D eigenvalue weighted by molar-refractivity contribution is 9.10. The molecule has 1 atom stereocenters. The Morgan fingerprint density at radius 3 is 2.89 bits per heavy atom. The number of hydrogen-bond acceptors (Lipinski definition) is 4. The fourth-order valence-electron chi connectivity index (χ4n) is 1.94. The molecule has 1 aliphatic heterocycles. The number of thiophene rings is 1. The zero-order chi connectivity index (χ0) is 14.0. The van der Waals surface area contributed by atoms with E-state index in [2.05, 4.69) is 26.6 Å². The predicted octanol–water partition coefficient (Wildman–Crippen LogP) is 2.87. The van der Waals surface area contributed by atoms with E-state index in [0.717, 1.165) is 15.0 Å². The molecule has 1 aliphatic rings. The van der Waals surface area contributed by atoms with Crippen LogP contribution in [0.1, 0.15) is 24.3 Å². The first kappa shape index (κ1) is 14.5. The standard InChI is InChI=1S/C12H13BrN2O2S2/c1-3-7-9(11(16)17-2)10(15-12(18)14-7)8-4-6(13)5-19-8/h4-5,10H,3H2,1-2H3,(H2,14,15,18)/t10-/m0/s1. The quantitative estimate of drug-likeness (QED) is 0.641. The van der Waals surface area contributed by atoms with Crippen LogP contribution in [0.25, 0.3) is 0 Å². The molecular formula is C12H13BrN2O2S2. The van der Waals surface area contributed by atoms with Gasteiger partial charge in [-0.15, -0.1) is 11.3 Å². The maximum atomic E-state index is 12.0. The summed E-state index contributed by atoms with van der Waals surface area (Å²) in [6, 6.07) is 1.72. The van der Waals surface area contributed by atoms with Crippen molar-refractivity contribution in [3.63, 3.8) is 0 Å². The predicted molar refractivity (Wildman–Crippen MR) is 83.0 cm³/mol. The second kappa shape index (κ2) is 6.02. The third-order valence-corrected chi connectivity index (χ3v) is 4.76. The molecule has 0 aliphatic carbocycles. The molecule has 2 heterocycles. The van der Waals surface area contributed by atoms with Gasteiger partial charge in [-0.1, -0.05) is 6.92 Å². The lowest BCUT2D eigenvalue weighted by Crippen LogP contribution is -2.45. The number of allylic oxidation sites excluding steroid dienone is 1. The van der Waals surface area contributed by atoms with Gasteiger partial charge in [0, 0.05) is 20.4 Å². The lowest BCUT2D eigenvalue weighted by molar-refractivity contribution is -0.136. The lowest BCUT2D eigenvalue weighted by atomic mass is 10.00. The molecule has 1 aromatic heterocycles. The van der Waals surface area contributed by atoms with E-state index in [1.165, 1.54) is 7.11 Å². The van der Waals surface area contributed by atoms with Crippen molar-refractivity contribution in [1.29, 1.82) is 0 Å². The van der Waals surface area contributed by atoms with Crippen LogP contribution in [0.4, 0.5) is 0 Å². The van der Waals surface area contributed by atoms with Gasteiger partial charge in [0.1, 0.15) is 0 Å². The van der Waals surface area contributed by atoms with Gasteiger partial charge in [-0.05, 0) is 40.6 Å². The summed E-state index contributed by atoms with van der Waals surface area (Å²) >= 11 is 10.2. The number of carbonyl (C=O) groups is 1. The van der Waals surface area contributed by atoms with Crippen molar-refractivity contribution in [2.45, 2.75) is 19.4 Å². The summed E-state index contributed by atoms with van der Waals surface area (Å²) in [7, 11) is 1.39. The maximum Gasteiger partial charge on any atom is 0.338 e. The van der Waals surface area contributed by atoms with E-state index in [1.54, 1.807) is 11.3 Å².